The molecule has 0 aromatic carbocycles. The van der Waals surface area contributed by atoms with Gasteiger partial charge in [0.15, 0.2) is 5.82 Å². The summed E-state index contributed by atoms with van der Waals surface area (Å²) in [6.45, 7) is 5.70. The van der Waals surface area contributed by atoms with E-state index in [4.69, 9.17) is 14.7 Å². The highest BCUT2D eigenvalue weighted by Gasteiger charge is 2.25. The van der Waals surface area contributed by atoms with Crippen LogP contribution in [0.2, 0.25) is 0 Å². The highest BCUT2D eigenvalue weighted by molar-refractivity contribution is 7.99. The molecule has 2 aromatic heterocycles. The predicted molar refractivity (Wildman–Crippen MR) is 110 cm³/mol. The van der Waals surface area contributed by atoms with Crippen LogP contribution < -0.4 is 4.90 Å². The molecule has 1 fully saturated rings. The maximum absolute atomic E-state index is 11.5. The van der Waals surface area contributed by atoms with Gasteiger partial charge in [-0.3, -0.25) is 4.79 Å². The lowest BCUT2D eigenvalue weighted by molar-refractivity contribution is -0.920. The Kier molecular flexibility index (Phi) is 5.99. The Morgan fingerprint density at radius 3 is 2.89 bits per heavy atom. The van der Waals surface area contributed by atoms with E-state index < -0.39 is 0 Å². The molecule has 4 rings (SSSR count). The number of aryl methyl sites for hydroxylation is 2. The van der Waals surface area contributed by atoms with E-state index in [-0.39, 0.29) is 5.97 Å². The number of piperidine rings is 1. The molecule has 2 aliphatic rings. The van der Waals surface area contributed by atoms with Gasteiger partial charge in [-0.05, 0) is 43.6 Å². The Morgan fingerprint density at radius 2 is 2.11 bits per heavy atom. The summed E-state index contributed by atoms with van der Waals surface area (Å²) in [6, 6.07) is 0. The predicted octanol–water partition coefficient (Wildman–Crippen LogP) is 2.65. The summed E-state index contributed by atoms with van der Waals surface area (Å²) in [5, 5.41) is 2.33. The fraction of sp³-hybridized carbons (Fsp3) is 0.650. The molecule has 0 spiro atoms. The van der Waals surface area contributed by atoms with Gasteiger partial charge in [-0.15, -0.1) is 23.1 Å². The molecule has 2 aromatic rings. The van der Waals surface area contributed by atoms with E-state index in [1.165, 1.54) is 61.7 Å². The molecule has 0 saturated carbocycles. The Bertz CT molecular complexity index is 828. The summed E-state index contributed by atoms with van der Waals surface area (Å²) < 4.78 is 4.78. The number of rotatable bonds is 6. The summed E-state index contributed by atoms with van der Waals surface area (Å²) in [7, 11) is 1.45. The number of thiophene rings is 1. The number of hydrogen-bond donors (Lipinski definition) is 1. The van der Waals surface area contributed by atoms with Gasteiger partial charge in [0, 0.05) is 16.0 Å². The van der Waals surface area contributed by atoms with E-state index in [1.54, 1.807) is 16.7 Å². The number of carbonyl (C=O) groups excluding carboxylic acids is 1. The third kappa shape index (κ3) is 4.30. The van der Waals surface area contributed by atoms with Gasteiger partial charge < -0.3 is 9.64 Å². The van der Waals surface area contributed by atoms with Crippen molar-refractivity contribution in [1.82, 2.24) is 9.97 Å². The molecule has 3 heterocycles. The van der Waals surface area contributed by atoms with Crippen LogP contribution in [0.3, 0.4) is 0 Å². The first-order valence-corrected chi connectivity index (χ1v) is 11.8. The van der Waals surface area contributed by atoms with Crippen LogP contribution in [0.1, 0.15) is 48.9 Å². The first-order valence-electron chi connectivity index (χ1n) is 9.98. The molecule has 1 aliphatic heterocycles. The number of aromatic nitrogens is 2. The highest BCUT2D eigenvalue weighted by Crippen LogP contribution is 2.40. The maximum Gasteiger partial charge on any atom is 0.306 e. The van der Waals surface area contributed by atoms with Gasteiger partial charge in [0.25, 0.3) is 0 Å². The average Bonchev–Trinajstić information content (AvgIpc) is 3.24. The average molecular weight is 407 g/mol. The normalized spacial score (nSPS) is 22.1. The van der Waals surface area contributed by atoms with Crippen LogP contribution in [0.5, 0.6) is 0 Å². The van der Waals surface area contributed by atoms with E-state index >= 15 is 0 Å². The second-order valence-electron chi connectivity index (χ2n) is 7.77. The quantitative estimate of drug-likeness (QED) is 0.454. The number of nitrogens with zero attached hydrogens (tertiary/aromatic N) is 2. The van der Waals surface area contributed by atoms with Crippen molar-refractivity contribution in [3.63, 3.8) is 0 Å². The molecule has 146 valence electrons. The monoisotopic (exact) mass is 406 g/mol. The van der Waals surface area contributed by atoms with Crippen LogP contribution in [-0.2, 0) is 28.9 Å². The topological polar surface area (TPSA) is 56.5 Å². The summed E-state index contributed by atoms with van der Waals surface area (Å²) in [5.74, 6) is 2.36. The Morgan fingerprint density at radius 1 is 1.30 bits per heavy atom. The SMILES string of the molecule is COC(=O)CCSc1nc(C[NH+]2CCC(C)CC2)nc2sc3c(c12)CCC3. The molecular weight excluding hydrogens is 378 g/mol. The van der Waals surface area contributed by atoms with Crippen molar-refractivity contribution in [1.29, 1.82) is 0 Å². The minimum atomic E-state index is -0.157. The molecule has 0 atom stereocenters. The lowest BCUT2D eigenvalue weighted by atomic mass is 9.99. The lowest BCUT2D eigenvalue weighted by Gasteiger charge is -2.26. The van der Waals surface area contributed by atoms with Crippen molar-refractivity contribution < 1.29 is 14.4 Å². The van der Waals surface area contributed by atoms with Crippen molar-refractivity contribution in [2.75, 3.05) is 26.0 Å². The molecule has 5 nitrogen and oxygen atoms in total. The second kappa shape index (κ2) is 8.45. The van der Waals surface area contributed by atoms with Crippen LogP contribution in [0.4, 0.5) is 0 Å². The van der Waals surface area contributed by atoms with Crippen LogP contribution in [0, 0.1) is 5.92 Å². The third-order valence-corrected chi connectivity index (χ3v) is 7.90. The smallest absolute Gasteiger partial charge is 0.306 e. The molecule has 0 radical (unpaired) electrons. The minimum Gasteiger partial charge on any atom is -0.469 e. The van der Waals surface area contributed by atoms with Crippen LogP contribution >= 0.6 is 23.1 Å². The third-order valence-electron chi connectivity index (χ3n) is 5.74. The van der Waals surface area contributed by atoms with Crippen molar-refractivity contribution in [3.8, 4) is 0 Å². The van der Waals surface area contributed by atoms with E-state index in [2.05, 4.69) is 6.92 Å². The van der Waals surface area contributed by atoms with Gasteiger partial charge in [0.05, 0.1) is 26.6 Å². The zero-order valence-electron chi connectivity index (χ0n) is 16.2. The fourth-order valence-electron chi connectivity index (χ4n) is 4.09. The number of carbonyl (C=O) groups is 1. The largest absolute Gasteiger partial charge is 0.469 e. The molecule has 0 amide bonds. The molecule has 1 N–H and O–H groups in total. The molecule has 0 unspecified atom stereocenters. The molecule has 1 saturated heterocycles. The first kappa shape index (κ1) is 19.2. The number of methoxy groups -OCH3 is 1. The van der Waals surface area contributed by atoms with Gasteiger partial charge >= 0.3 is 5.97 Å². The second-order valence-corrected chi connectivity index (χ2v) is 9.93. The first-order chi connectivity index (χ1) is 13.1. The van der Waals surface area contributed by atoms with Gasteiger partial charge in [0.2, 0.25) is 0 Å². The fourth-order valence-corrected chi connectivity index (χ4v) is 6.43. The van der Waals surface area contributed by atoms with Crippen molar-refractivity contribution >= 4 is 39.3 Å². The van der Waals surface area contributed by atoms with E-state index in [0.29, 0.717) is 12.2 Å². The van der Waals surface area contributed by atoms with Crippen molar-refractivity contribution in [3.05, 3.63) is 16.3 Å². The van der Waals surface area contributed by atoms with Gasteiger partial charge in [-0.25, -0.2) is 9.97 Å². The molecule has 1 aliphatic carbocycles. The van der Waals surface area contributed by atoms with Gasteiger partial charge in [-0.1, -0.05) is 6.92 Å². The Hall–Kier alpha value is -1.18. The van der Waals surface area contributed by atoms with Crippen LogP contribution in [0.25, 0.3) is 10.2 Å². The van der Waals surface area contributed by atoms with Crippen molar-refractivity contribution in [2.24, 2.45) is 5.92 Å². The summed E-state index contributed by atoms with van der Waals surface area (Å²) in [4.78, 5) is 25.7. The Balaban J connectivity index is 1.58. The minimum absolute atomic E-state index is 0.157. The molecule has 0 bridgehead atoms. The number of fused-ring (bicyclic) bond motifs is 3. The Labute approximate surface area is 168 Å². The zero-order valence-corrected chi connectivity index (χ0v) is 17.8. The molecule has 7 heteroatoms. The summed E-state index contributed by atoms with van der Waals surface area (Å²) >= 11 is 3.54. The maximum atomic E-state index is 11.5. The number of esters is 1. The summed E-state index contributed by atoms with van der Waals surface area (Å²) in [6.07, 6.45) is 6.56. The molecular formula is C20H28N3O2S2+. The zero-order chi connectivity index (χ0) is 18.8. The van der Waals surface area contributed by atoms with E-state index in [9.17, 15) is 4.79 Å². The number of quaternary nitrogens is 1. The molecule has 27 heavy (non-hydrogen) atoms. The number of ether oxygens (including phenoxy) is 1. The standard InChI is InChI=1S/C20H27N3O2S2/c1-13-6-9-23(10-7-13)12-16-21-19(26-11-8-17(24)25-2)18-14-4-3-5-15(14)27-20(18)22-16/h13H,3-12H2,1-2H3/p+1. The number of likely N-dealkylation sites (tertiary alicyclic amines) is 1. The van der Waals surface area contributed by atoms with Crippen molar-refractivity contribution in [2.45, 2.75) is 57.0 Å². The van der Waals surface area contributed by atoms with E-state index in [0.717, 1.165) is 34.6 Å². The van der Waals surface area contributed by atoms with Crippen LogP contribution in [0.15, 0.2) is 5.03 Å². The van der Waals surface area contributed by atoms with E-state index in [1.807, 2.05) is 11.3 Å². The number of nitrogens with one attached hydrogen (secondary N) is 1. The van der Waals surface area contributed by atoms with Gasteiger partial charge in [-0.2, -0.15) is 0 Å². The number of hydrogen-bond acceptors (Lipinski definition) is 6. The van der Waals surface area contributed by atoms with Crippen LogP contribution in [-0.4, -0.2) is 41.9 Å². The summed E-state index contributed by atoms with van der Waals surface area (Å²) in [5.41, 5.74) is 1.46. The lowest BCUT2D eigenvalue weighted by Crippen LogP contribution is -3.11. The van der Waals surface area contributed by atoms with Gasteiger partial charge in [0.1, 0.15) is 16.4 Å². The highest BCUT2D eigenvalue weighted by atomic mass is 32.2. The number of thioether (sulfide) groups is 1.